The highest BCUT2D eigenvalue weighted by Gasteiger charge is 2.28. The average molecular weight is 371 g/mol. The van der Waals surface area contributed by atoms with Crippen molar-refractivity contribution in [1.82, 2.24) is 9.62 Å². The highest BCUT2D eigenvalue weighted by Crippen LogP contribution is 2.27. The molecule has 1 aliphatic heterocycles. The van der Waals surface area contributed by atoms with E-state index in [1.54, 1.807) is 23.5 Å². The van der Waals surface area contributed by atoms with Crippen LogP contribution in [0.4, 0.5) is 0 Å². The number of hydrogen-bond donors (Lipinski definition) is 1. The Hall–Kier alpha value is -1.22. The Morgan fingerprint density at radius 2 is 1.96 bits per heavy atom. The molecule has 3 heterocycles. The third kappa shape index (κ3) is 4.00. The lowest BCUT2D eigenvalue weighted by molar-refractivity contribution is -0.120. The van der Waals surface area contributed by atoms with E-state index in [2.05, 4.69) is 5.32 Å². The number of sulfonamides is 1. The first-order valence-corrected chi connectivity index (χ1v) is 10.6. The predicted octanol–water partition coefficient (Wildman–Crippen LogP) is 2.45. The second-order valence-electron chi connectivity index (χ2n) is 5.36. The van der Waals surface area contributed by atoms with E-state index in [1.165, 1.54) is 15.6 Å². The van der Waals surface area contributed by atoms with Gasteiger partial charge in [0.05, 0.1) is 13.0 Å². The highest BCUT2D eigenvalue weighted by atomic mass is 32.2. The minimum Gasteiger partial charge on any atom is -0.351 e. The van der Waals surface area contributed by atoms with Gasteiger partial charge in [-0.3, -0.25) is 4.79 Å². The van der Waals surface area contributed by atoms with E-state index in [4.69, 9.17) is 0 Å². The second kappa shape index (κ2) is 7.12. The van der Waals surface area contributed by atoms with Gasteiger partial charge in [0.25, 0.3) is 10.0 Å². The molecular formula is C15H18N2O3S3. The molecule has 0 aromatic carbocycles. The average Bonchev–Trinajstić information content (AvgIpc) is 3.26. The molecule has 0 spiro atoms. The lowest BCUT2D eigenvalue weighted by atomic mass is 10.3. The molecule has 124 valence electrons. The number of hydrogen-bond acceptors (Lipinski definition) is 5. The minimum absolute atomic E-state index is 0.0922. The summed E-state index contributed by atoms with van der Waals surface area (Å²) in [6.07, 6.45) is 2.05. The van der Waals surface area contributed by atoms with Gasteiger partial charge in [0.2, 0.25) is 5.91 Å². The van der Waals surface area contributed by atoms with Gasteiger partial charge < -0.3 is 5.32 Å². The molecule has 23 heavy (non-hydrogen) atoms. The third-order valence-electron chi connectivity index (χ3n) is 3.67. The molecule has 0 bridgehead atoms. The number of nitrogens with zero attached hydrogens (tertiary/aromatic N) is 1. The maximum absolute atomic E-state index is 12.5. The Labute approximate surface area is 144 Å². The Balaban J connectivity index is 1.59. The van der Waals surface area contributed by atoms with E-state index in [0.717, 1.165) is 22.6 Å². The van der Waals surface area contributed by atoms with Crippen LogP contribution in [-0.2, 0) is 27.8 Å². The van der Waals surface area contributed by atoms with E-state index in [1.807, 2.05) is 17.5 Å². The number of thiophene rings is 2. The summed E-state index contributed by atoms with van der Waals surface area (Å²) in [4.78, 5) is 13.8. The van der Waals surface area contributed by atoms with Gasteiger partial charge in [-0.1, -0.05) is 6.07 Å². The van der Waals surface area contributed by atoms with Crippen molar-refractivity contribution in [3.8, 4) is 0 Å². The predicted molar refractivity (Wildman–Crippen MR) is 92.2 cm³/mol. The molecule has 1 aliphatic rings. The number of nitrogens with one attached hydrogen (secondary N) is 1. The summed E-state index contributed by atoms with van der Waals surface area (Å²) < 4.78 is 26.8. The van der Waals surface area contributed by atoms with Crippen LogP contribution in [0.3, 0.4) is 0 Å². The summed E-state index contributed by atoms with van der Waals surface area (Å²) in [6.45, 7) is 1.70. The fourth-order valence-electron chi connectivity index (χ4n) is 2.47. The fourth-order valence-corrected chi connectivity index (χ4v) is 6.14. The molecule has 3 rings (SSSR count). The van der Waals surface area contributed by atoms with Crippen LogP contribution in [0, 0.1) is 0 Å². The molecule has 5 nitrogen and oxygen atoms in total. The molecule has 0 saturated carbocycles. The van der Waals surface area contributed by atoms with Gasteiger partial charge in [0.15, 0.2) is 0 Å². The van der Waals surface area contributed by atoms with Crippen LogP contribution in [0.2, 0.25) is 0 Å². The summed E-state index contributed by atoms with van der Waals surface area (Å²) in [5, 5.41) is 4.82. The second-order valence-corrected chi connectivity index (χ2v) is 9.73. The molecule has 2 aromatic heterocycles. The van der Waals surface area contributed by atoms with Crippen molar-refractivity contribution >= 4 is 38.6 Å². The van der Waals surface area contributed by atoms with Crippen LogP contribution in [0.1, 0.15) is 22.6 Å². The maximum atomic E-state index is 12.5. The number of amides is 1. The third-order valence-corrected chi connectivity index (χ3v) is 8.00. The van der Waals surface area contributed by atoms with Crippen LogP contribution in [0.15, 0.2) is 33.9 Å². The van der Waals surface area contributed by atoms with Crippen molar-refractivity contribution in [2.24, 2.45) is 0 Å². The largest absolute Gasteiger partial charge is 0.351 e. The Morgan fingerprint density at radius 1 is 1.17 bits per heavy atom. The number of rotatable bonds is 6. The zero-order valence-electron chi connectivity index (χ0n) is 12.5. The normalized spacial score (nSPS) is 15.8. The highest BCUT2D eigenvalue weighted by molar-refractivity contribution is 7.91. The molecule has 0 unspecified atom stereocenters. The first-order valence-electron chi connectivity index (χ1n) is 7.43. The van der Waals surface area contributed by atoms with Gasteiger partial charge in [-0.15, -0.1) is 22.7 Å². The monoisotopic (exact) mass is 370 g/mol. The summed E-state index contributed by atoms with van der Waals surface area (Å²) in [6, 6.07) is 7.26. The number of carbonyl (C=O) groups excluding carboxylic acids is 1. The number of carbonyl (C=O) groups is 1. The summed E-state index contributed by atoms with van der Waals surface area (Å²) >= 11 is 2.79. The summed E-state index contributed by atoms with van der Waals surface area (Å²) in [5.74, 6) is -0.0922. The lowest BCUT2D eigenvalue weighted by Crippen LogP contribution is -2.27. The van der Waals surface area contributed by atoms with Crippen LogP contribution in [0.25, 0.3) is 0 Å². The van der Waals surface area contributed by atoms with Crippen LogP contribution in [0.5, 0.6) is 0 Å². The SMILES string of the molecule is O=C(Cc1ccc(S(=O)(=O)N2CCCC2)s1)NCc1cccs1. The standard InChI is InChI=1S/C15H18N2O3S3/c18-14(16-11-13-4-3-9-21-13)10-12-5-6-15(22-12)23(19,20)17-7-1-2-8-17/h3-6,9H,1-2,7-8,10-11H2,(H,16,18). The van der Waals surface area contributed by atoms with E-state index in [-0.39, 0.29) is 12.3 Å². The molecule has 0 aliphatic carbocycles. The molecule has 1 amide bonds. The first-order chi connectivity index (χ1) is 11.1. The minimum atomic E-state index is -3.38. The van der Waals surface area contributed by atoms with Crippen molar-refractivity contribution in [2.75, 3.05) is 13.1 Å². The summed E-state index contributed by atoms with van der Waals surface area (Å²) in [7, 11) is -3.38. The van der Waals surface area contributed by atoms with Gasteiger partial charge in [-0.25, -0.2) is 8.42 Å². The van der Waals surface area contributed by atoms with Crippen molar-refractivity contribution < 1.29 is 13.2 Å². The van der Waals surface area contributed by atoms with Crippen molar-refractivity contribution in [3.05, 3.63) is 39.4 Å². The van der Waals surface area contributed by atoms with Gasteiger partial charge in [0.1, 0.15) is 4.21 Å². The van der Waals surface area contributed by atoms with Crippen molar-refractivity contribution in [2.45, 2.75) is 30.0 Å². The van der Waals surface area contributed by atoms with Crippen LogP contribution >= 0.6 is 22.7 Å². The molecule has 0 radical (unpaired) electrons. The molecule has 8 heteroatoms. The quantitative estimate of drug-likeness (QED) is 0.849. The van der Waals surface area contributed by atoms with E-state index in [0.29, 0.717) is 23.8 Å². The van der Waals surface area contributed by atoms with Crippen molar-refractivity contribution in [3.63, 3.8) is 0 Å². The first kappa shape index (κ1) is 16.6. The van der Waals surface area contributed by atoms with E-state index >= 15 is 0 Å². The van der Waals surface area contributed by atoms with Gasteiger partial charge in [-0.2, -0.15) is 4.31 Å². The molecular weight excluding hydrogens is 352 g/mol. The van der Waals surface area contributed by atoms with Gasteiger partial charge in [0, 0.05) is 22.8 Å². The smallest absolute Gasteiger partial charge is 0.252 e. The van der Waals surface area contributed by atoms with Crippen LogP contribution < -0.4 is 5.32 Å². The molecule has 1 saturated heterocycles. The zero-order valence-corrected chi connectivity index (χ0v) is 15.0. The van der Waals surface area contributed by atoms with Crippen LogP contribution in [-0.4, -0.2) is 31.7 Å². The molecule has 0 atom stereocenters. The topological polar surface area (TPSA) is 66.5 Å². The van der Waals surface area contributed by atoms with E-state index in [9.17, 15) is 13.2 Å². The Kier molecular flexibility index (Phi) is 5.15. The zero-order chi connectivity index (χ0) is 16.3. The van der Waals surface area contributed by atoms with Gasteiger partial charge in [-0.05, 0) is 36.4 Å². The molecule has 1 N–H and O–H groups in total. The van der Waals surface area contributed by atoms with Crippen molar-refractivity contribution in [1.29, 1.82) is 0 Å². The lowest BCUT2D eigenvalue weighted by Gasteiger charge is -2.13. The Morgan fingerprint density at radius 3 is 2.65 bits per heavy atom. The molecule has 1 fully saturated rings. The molecule has 2 aromatic rings. The van der Waals surface area contributed by atoms with E-state index < -0.39 is 10.0 Å². The fraction of sp³-hybridized carbons (Fsp3) is 0.400. The Bertz CT molecular complexity index is 760. The maximum Gasteiger partial charge on any atom is 0.252 e. The summed E-state index contributed by atoms with van der Waals surface area (Å²) in [5.41, 5.74) is 0. The van der Waals surface area contributed by atoms with Gasteiger partial charge >= 0.3 is 0 Å².